The van der Waals surface area contributed by atoms with Crippen LogP contribution in [0, 0.1) is 5.92 Å². The van der Waals surface area contributed by atoms with Crippen LogP contribution in [0.15, 0.2) is 36.4 Å². The highest BCUT2D eigenvalue weighted by Crippen LogP contribution is 2.23. The summed E-state index contributed by atoms with van der Waals surface area (Å²) in [6.45, 7) is 1.30. The fourth-order valence-corrected chi connectivity index (χ4v) is 2.54. The minimum Gasteiger partial charge on any atom is -0.396 e. The molecule has 0 unspecified atom stereocenters. The van der Waals surface area contributed by atoms with E-state index in [1.807, 2.05) is 6.07 Å². The van der Waals surface area contributed by atoms with Crippen LogP contribution in [0.2, 0.25) is 0 Å². The number of hydrogen-bond donors (Lipinski definition) is 2. The normalized spacial score (nSPS) is 24.5. The quantitative estimate of drug-likeness (QED) is 0.836. The molecule has 0 radical (unpaired) electrons. The molecule has 1 saturated carbocycles. The molecule has 0 aliphatic heterocycles. The summed E-state index contributed by atoms with van der Waals surface area (Å²) in [6.07, 6.45) is 9.07. The van der Waals surface area contributed by atoms with Crippen LogP contribution < -0.4 is 5.32 Å². The van der Waals surface area contributed by atoms with Crippen molar-refractivity contribution in [3.05, 3.63) is 42.0 Å². The summed E-state index contributed by atoms with van der Waals surface area (Å²) < 4.78 is 0. The molecular formula is C16H23NO. The van der Waals surface area contributed by atoms with Crippen LogP contribution in [0.25, 0.3) is 6.08 Å². The van der Waals surface area contributed by atoms with Crippen molar-refractivity contribution in [3.63, 3.8) is 0 Å². The van der Waals surface area contributed by atoms with Gasteiger partial charge in [-0.3, -0.25) is 0 Å². The highest BCUT2D eigenvalue weighted by Gasteiger charge is 2.19. The maximum Gasteiger partial charge on any atom is 0.0459 e. The van der Waals surface area contributed by atoms with Gasteiger partial charge in [0.15, 0.2) is 0 Å². The number of benzene rings is 1. The number of nitrogens with one attached hydrogen (secondary N) is 1. The van der Waals surface area contributed by atoms with Crippen LogP contribution >= 0.6 is 0 Å². The van der Waals surface area contributed by atoms with Crippen molar-refractivity contribution in [2.45, 2.75) is 31.7 Å². The maximum absolute atomic E-state index is 9.09. The van der Waals surface area contributed by atoms with E-state index in [4.69, 9.17) is 5.11 Å². The van der Waals surface area contributed by atoms with E-state index in [1.54, 1.807) is 0 Å². The summed E-state index contributed by atoms with van der Waals surface area (Å²) in [7, 11) is 0. The maximum atomic E-state index is 9.09. The lowest BCUT2D eigenvalue weighted by atomic mass is 9.86. The SMILES string of the molecule is OCC1CCC(NC/C=C/c2ccccc2)CC1. The number of aliphatic hydroxyl groups is 1. The van der Waals surface area contributed by atoms with E-state index in [0.717, 1.165) is 19.4 Å². The van der Waals surface area contributed by atoms with Gasteiger partial charge in [0.2, 0.25) is 0 Å². The lowest BCUT2D eigenvalue weighted by Gasteiger charge is -2.27. The molecule has 2 N–H and O–H groups in total. The van der Waals surface area contributed by atoms with Gasteiger partial charge in [-0.1, -0.05) is 42.5 Å². The average molecular weight is 245 g/mol. The lowest BCUT2D eigenvalue weighted by molar-refractivity contribution is 0.176. The Morgan fingerprint density at radius 1 is 1.11 bits per heavy atom. The van der Waals surface area contributed by atoms with E-state index in [1.165, 1.54) is 18.4 Å². The van der Waals surface area contributed by atoms with Crippen molar-refractivity contribution in [1.29, 1.82) is 0 Å². The third kappa shape index (κ3) is 4.28. The molecule has 1 aliphatic carbocycles. The monoisotopic (exact) mass is 245 g/mol. The van der Waals surface area contributed by atoms with Crippen LogP contribution in [0.3, 0.4) is 0 Å². The van der Waals surface area contributed by atoms with Gasteiger partial charge in [0, 0.05) is 19.2 Å². The zero-order valence-corrected chi connectivity index (χ0v) is 10.9. The van der Waals surface area contributed by atoms with Crippen molar-refractivity contribution >= 4 is 6.08 Å². The molecule has 2 nitrogen and oxygen atoms in total. The van der Waals surface area contributed by atoms with Crippen molar-refractivity contribution < 1.29 is 5.11 Å². The van der Waals surface area contributed by atoms with Gasteiger partial charge in [0.05, 0.1) is 0 Å². The minimum atomic E-state index is 0.362. The Hall–Kier alpha value is -1.12. The van der Waals surface area contributed by atoms with Crippen molar-refractivity contribution in [3.8, 4) is 0 Å². The van der Waals surface area contributed by atoms with Crippen LogP contribution in [0.5, 0.6) is 0 Å². The van der Waals surface area contributed by atoms with Gasteiger partial charge in [0.1, 0.15) is 0 Å². The largest absolute Gasteiger partial charge is 0.396 e. The summed E-state index contributed by atoms with van der Waals surface area (Å²) in [4.78, 5) is 0. The Bertz CT molecular complexity index is 353. The van der Waals surface area contributed by atoms with E-state index in [-0.39, 0.29) is 0 Å². The summed E-state index contributed by atoms with van der Waals surface area (Å²) in [5, 5.41) is 12.7. The summed E-state index contributed by atoms with van der Waals surface area (Å²) in [5.41, 5.74) is 1.25. The summed E-state index contributed by atoms with van der Waals surface area (Å²) in [5.74, 6) is 0.544. The molecule has 0 atom stereocenters. The average Bonchev–Trinajstić information content (AvgIpc) is 2.45. The van der Waals surface area contributed by atoms with Crippen molar-refractivity contribution in [2.24, 2.45) is 5.92 Å². The van der Waals surface area contributed by atoms with Crippen molar-refractivity contribution in [2.75, 3.05) is 13.2 Å². The first-order valence-electron chi connectivity index (χ1n) is 6.94. The molecule has 1 aromatic carbocycles. The Kier molecular flexibility index (Phi) is 5.43. The molecule has 98 valence electrons. The van der Waals surface area contributed by atoms with Crippen LogP contribution in [0.1, 0.15) is 31.2 Å². The zero-order chi connectivity index (χ0) is 12.6. The predicted octanol–water partition coefficient (Wildman–Crippen LogP) is 2.84. The number of hydrogen-bond acceptors (Lipinski definition) is 2. The topological polar surface area (TPSA) is 32.3 Å². The second-order valence-corrected chi connectivity index (χ2v) is 5.12. The lowest BCUT2D eigenvalue weighted by Crippen LogP contribution is -2.33. The van der Waals surface area contributed by atoms with Gasteiger partial charge < -0.3 is 10.4 Å². The van der Waals surface area contributed by atoms with E-state index in [0.29, 0.717) is 18.6 Å². The first-order chi connectivity index (χ1) is 8.88. The first kappa shape index (κ1) is 13.3. The van der Waals surface area contributed by atoms with Gasteiger partial charge >= 0.3 is 0 Å². The molecule has 2 rings (SSSR count). The van der Waals surface area contributed by atoms with Crippen LogP contribution in [0.4, 0.5) is 0 Å². The third-order valence-corrected chi connectivity index (χ3v) is 3.74. The van der Waals surface area contributed by atoms with Crippen molar-refractivity contribution in [1.82, 2.24) is 5.32 Å². The predicted molar refractivity (Wildman–Crippen MR) is 76.3 cm³/mol. The van der Waals surface area contributed by atoms with Gasteiger partial charge in [0.25, 0.3) is 0 Å². The second kappa shape index (κ2) is 7.34. The molecular weight excluding hydrogens is 222 g/mol. The Morgan fingerprint density at radius 3 is 2.50 bits per heavy atom. The number of rotatable bonds is 5. The molecule has 1 aliphatic rings. The molecule has 0 heterocycles. The van der Waals surface area contributed by atoms with Crippen LogP contribution in [-0.4, -0.2) is 24.3 Å². The molecule has 0 saturated heterocycles. The molecule has 0 spiro atoms. The summed E-state index contributed by atoms with van der Waals surface area (Å²) >= 11 is 0. The smallest absolute Gasteiger partial charge is 0.0459 e. The molecule has 1 aromatic rings. The van der Waals surface area contributed by atoms with Crippen LogP contribution in [-0.2, 0) is 0 Å². The zero-order valence-electron chi connectivity index (χ0n) is 10.9. The van der Waals surface area contributed by atoms with E-state index >= 15 is 0 Å². The second-order valence-electron chi connectivity index (χ2n) is 5.12. The first-order valence-corrected chi connectivity index (χ1v) is 6.94. The molecule has 18 heavy (non-hydrogen) atoms. The Balaban J connectivity index is 1.66. The Labute approximate surface area is 110 Å². The number of aliphatic hydroxyl groups excluding tert-OH is 1. The standard InChI is InChI=1S/C16H23NO/c18-13-15-8-10-16(11-9-15)17-12-4-7-14-5-2-1-3-6-14/h1-7,15-18H,8-13H2/b7-4+. The van der Waals surface area contributed by atoms with Gasteiger partial charge in [-0.05, 0) is 37.2 Å². The fraction of sp³-hybridized carbons (Fsp3) is 0.500. The molecule has 2 heteroatoms. The Morgan fingerprint density at radius 2 is 1.83 bits per heavy atom. The molecule has 0 amide bonds. The highest BCUT2D eigenvalue weighted by atomic mass is 16.3. The van der Waals surface area contributed by atoms with E-state index in [9.17, 15) is 0 Å². The molecule has 0 aromatic heterocycles. The molecule has 1 fully saturated rings. The fourth-order valence-electron chi connectivity index (χ4n) is 2.54. The van der Waals surface area contributed by atoms with E-state index in [2.05, 4.69) is 41.7 Å². The minimum absolute atomic E-state index is 0.362. The van der Waals surface area contributed by atoms with Gasteiger partial charge in [-0.2, -0.15) is 0 Å². The van der Waals surface area contributed by atoms with E-state index < -0.39 is 0 Å². The third-order valence-electron chi connectivity index (χ3n) is 3.74. The highest BCUT2D eigenvalue weighted by molar-refractivity contribution is 5.48. The van der Waals surface area contributed by atoms with Gasteiger partial charge in [-0.15, -0.1) is 0 Å². The molecule has 0 bridgehead atoms. The summed E-state index contributed by atoms with van der Waals surface area (Å²) in [6, 6.07) is 11.0. The van der Waals surface area contributed by atoms with Gasteiger partial charge in [-0.25, -0.2) is 0 Å².